The summed E-state index contributed by atoms with van der Waals surface area (Å²) < 4.78 is 2.21. The Morgan fingerprint density at radius 2 is 1.78 bits per heavy atom. The fourth-order valence-corrected chi connectivity index (χ4v) is 8.04. The number of carbonyl (C=O) groups excluding carboxylic acids is 4. The van der Waals surface area contributed by atoms with Crippen LogP contribution in [0.3, 0.4) is 0 Å². The van der Waals surface area contributed by atoms with E-state index >= 15 is 0 Å². The molecule has 0 unspecified atom stereocenters. The minimum absolute atomic E-state index is 0.0163. The number of anilines is 2. The second kappa shape index (κ2) is 14.0. The number of β-amino-alcohol motifs (C(OH)–C–C–N with tert-alkyl or cyclic N) is 1. The van der Waals surface area contributed by atoms with E-state index in [1.807, 2.05) is 43.9 Å². The Kier molecular flexibility index (Phi) is 9.26. The number of amides is 4. The molecule has 0 radical (unpaired) electrons. The van der Waals surface area contributed by atoms with Gasteiger partial charge < -0.3 is 30.4 Å². The first-order chi connectivity index (χ1) is 26.3. The van der Waals surface area contributed by atoms with Crippen LogP contribution >= 0.6 is 0 Å². The summed E-state index contributed by atoms with van der Waals surface area (Å²) in [5.74, 6) is -0.758. The molecule has 4 aliphatic rings. The van der Waals surface area contributed by atoms with Crippen LogP contribution in [0.5, 0.6) is 0 Å². The number of hydrogen-bond acceptors (Lipinski definition) is 11. The zero-order chi connectivity index (χ0) is 38.8. The minimum Gasteiger partial charge on any atom is -0.391 e. The Hall–Kier alpha value is -5.51. The molecule has 4 aromatic rings. The molecule has 1 saturated heterocycles. The molecular weight excluding hydrogens is 703 g/mol. The van der Waals surface area contributed by atoms with Crippen molar-refractivity contribution in [1.29, 1.82) is 0 Å². The standard InChI is InChI=1S/C39H47N11O5/c1-21(51)47-16-14-30-25(20-47)35(46-50(30)23-9-10-23)48-15-6-7-28-31(48)13-12-26(41-28)22-8-11-27-29(17-22)42-34(45-44-27)37(54)43-33(39(2,3)4)38(55)49-19-24(52)18-32(49)36(53)40-5/h8,11-13,17,23-24,32-33,52H,6-7,9-10,14-16,18-20H2,1-5H3,(H,40,53)(H,43,54)/t24-,32+,33-/m1/s1. The number of aliphatic hydroxyl groups is 1. The highest BCUT2D eigenvalue weighted by Crippen LogP contribution is 2.43. The number of rotatable bonds is 7. The third kappa shape index (κ3) is 6.87. The summed E-state index contributed by atoms with van der Waals surface area (Å²) in [6.07, 6.45) is 4.04. The van der Waals surface area contributed by atoms with Crippen molar-refractivity contribution in [3.05, 3.63) is 53.1 Å². The van der Waals surface area contributed by atoms with E-state index < -0.39 is 35.4 Å². The van der Waals surface area contributed by atoms with E-state index in [9.17, 15) is 24.3 Å². The maximum absolute atomic E-state index is 13.8. The van der Waals surface area contributed by atoms with Gasteiger partial charge >= 0.3 is 0 Å². The topological polar surface area (TPSA) is 192 Å². The van der Waals surface area contributed by atoms with Crippen LogP contribution in [0.15, 0.2) is 30.3 Å². The number of fused-ring (bicyclic) bond motifs is 3. The fraction of sp³-hybridized carbons (Fsp3) is 0.513. The van der Waals surface area contributed by atoms with E-state index in [0.29, 0.717) is 30.2 Å². The summed E-state index contributed by atoms with van der Waals surface area (Å²) in [5.41, 5.74) is 6.07. The van der Waals surface area contributed by atoms with Gasteiger partial charge in [-0.2, -0.15) is 5.10 Å². The summed E-state index contributed by atoms with van der Waals surface area (Å²) in [4.78, 5) is 67.5. The van der Waals surface area contributed by atoms with Crippen molar-refractivity contribution >= 4 is 46.2 Å². The molecule has 55 heavy (non-hydrogen) atoms. The van der Waals surface area contributed by atoms with Crippen LogP contribution in [0.4, 0.5) is 11.5 Å². The third-order valence-electron chi connectivity index (χ3n) is 11.1. The molecule has 3 aromatic heterocycles. The Labute approximate surface area is 318 Å². The first kappa shape index (κ1) is 36.5. The Morgan fingerprint density at radius 1 is 0.982 bits per heavy atom. The highest BCUT2D eigenvalue weighted by Gasteiger charge is 2.44. The van der Waals surface area contributed by atoms with Gasteiger partial charge in [-0.05, 0) is 55.4 Å². The minimum atomic E-state index is -1.04. The van der Waals surface area contributed by atoms with Gasteiger partial charge in [-0.1, -0.05) is 26.8 Å². The second-order valence-corrected chi connectivity index (χ2v) is 16.2. The Morgan fingerprint density at radius 3 is 2.51 bits per heavy atom. The van der Waals surface area contributed by atoms with E-state index in [1.54, 1.807) is 13.0 Å². The van der Waals surface area contributed by atoms with Gasteiger partial charge in [0, 0.05) is 63.3 Å². The molecule has 1 saturated carbocycles. The molecule has 8 rings (SSSR count). The molecule has 4 amide bonds. The predicted octanol–water partition coefficient (Wildman–Crippen LogP) is 2.46. The molecule has 3 aliphatic heterocycles. The van der Waals surface area contributed by atoms with Gasteiger partial charge in [0.25, 0.3) is 5.91 Å². The maximum Gasteiger partial charge on any atom is 0.291 e. The second-order valence-electron chi connectivity index (χ2n) is 16.2. The van der Waals surface area contributed by atoms with Crippen LogP contribution in [0.1, 0.15) is 87.0 Å². The van der Waals surface area contributed by atoms with Crippen molar-refractivity contribution in [3.63, 3.8) is 0 Å². The number of pyridine rings is 1. The van der Waals surface area contributed by atoms with E-state index in [2.05, 4.69) is 41.5 Å². The molecule has 3 atom stereocenters. The van der Waals surface area contributed by atoms with Crippen molar-refractivity contribution in [2.45, 2.75) is 97.0 Å². The van der Waals surface area contributed by atoms with Crippen LogP contribution in [0.2, 0.25) is 0 Å². The molecule has 0 spiro atoms. The molecule has 6 heterocycles. The lowest BCUT2D eigenvalue weighted by atomic mass is 9.85. The van der Waals surface area contributed by atoms with Gasteiger partial charge in [-0.25, -0.2) is 4.98 Å². The number of aryl methyl sites for hydroxylation is 1. The van der Waals surface area contributed by atoms with Crippen LogP contribution < -0.4 is 15.5 Å². The summed E-state index contributed by atoms with van der Waals surface area (Å²) in [7, 11) is 1.48. The lowest BCUT2D eigenvalue weighted by molar-refractivity contribution is -0.141. The first-order valence-corrected chi connectivity index (χ1v) is 19.1. The largest absolute Gasteiger partial charge is 0.391 e. The summed E-state index contributed by atoms with van der Waals surface area (Å²) >= 11 is 0. The van der Waals surface area contributed by atoms with Gasteiger partial charge in [-0.15, -0.1) is 10.2 Å². The van der Waals surface area contributed by atoms with Crippen LogP contribution in [0, 0.1) is 5.41 Å². The quantitative estimate of drug-likeness (QED) is 0.252. The van der Waals surface area contributed by atoms with Crippen molar-refractivity contribution in [2.75, 3.05) is 31.6 Å². The fourth-order valence-electron chi connectivity index (χ4n) is 8.04. The first-order valence-electron chi connectivity index (χ1n) is 19.1. The highest BCUT2D eigenvalue weighted by atomic mass is 16.3. The van der Waals surface area contributed by atoms with Crippen molar-refractivity contribution < 1.29 is 24.3 Å². The van der Waals surface area contributed by atoms with Crippen LogP contribution in [-0.4, -0.2) is 113 Å². The predicted molar refractivity (Wildman–Crippen MR) is 202 cm³/mol. The molecule has 2 fully saturated rings. The van der Waals surface area contributed by atoms with E-state index in [-0.39, 0.29) is 30.6 Å². The molecule has 1 aromatic carbocycles. The normalized spacial score (nSPS) is 20.2. The molecule has 3 N–H and O–H groups in total. The number of hydrogen-bond donors (Lipinski definition) is 3. The molecule has 16 heteroatoms. The molecule has 0 bridgehead atoms. The smallest absolute Gasteiger partial charge is 0.291 e. The summed E-state index contributed by atoms with van der Waals surface area (Å²) in [6.45, 7) is 9.12. The number of benzene rings is 1. The van der Waals surface area contributed by atoms with Gasteiger partial charge in [-0.3, -0.25) is 28.8 Å². The average Bonchev–Trinajstić information content (AvgIpc) is 3.84. The highest BCUT2D eigenvalue weighted by molar-refractivity contribution is 5.97. The molecule has 288 valence electrons. The monoisotopic (exact) mass is 749 g/mol. The lowest BCUT2D eigenvalue weighted by Crippen LogP contribution is -2.57. The van der Waals surface area contributed by atoms with Crippen LogP contribution in [0.25, 0.3) is 22.3 Å². The SMILES string of the molecule is CNC(=O)[C@@H]1C[C@@H](O)CN1C(=O)[C@@H](NC(=O)c1nnc2ccc(-c3ccc4c(n3)CCCN4c3nn(C4CC4)c4c3CN(C(C)=O)CC4)cc2n1)C(C)(C)C. The maximum atomic E-state index is 13.8. The van der Waals surface area contributed by atoms with Crippen molar-refractivity contribution in [1.82, 2.24) is 50.4 Å². The van der Waals surface area contributed by atoms with Crippen molar-refractivity contribution in [2.24, 2.45) is 5.41 Å². The lowest BCUT2D eigenvalue weighted by Gasteiger charge is -2.35. The summed E-state index contributed by atoms with van der Waals surface area (Å²) in [5, 5.41) is 29.1. The average molecular weight is 750 g/mol. The zero-order valence-corrected chi connectivity index (χ0v) is 31.9. The number of aromatic nitrogens is 6. The number of nitrogens with one attached hydrogen (secondary N) is 2. The van der Waals surface area contributed by atoms with Gasteiger partial charge in [0.15, 0.2) is 5.82 Å². The number of likely N-dealkylation sites (tertiary alicyclic amines) is 1. The van der Waals surface area contributed by atoms with E-state index in [0.717, 1.165) is 72.7 Å². The van der Waals surface area contributed by atoms with E-state index in [4.69, 9.17) is 10.1 Å². The number of aliphatic hydroxyl groups excluding tert-OH is 1. The summed E-state index contributed by atoms with van der Waals surface area (Å²) in [6, 6.07) is 8.13. The molecular formula is C39H47N11O5. The number of nitrogens with zero attached hydrogens (tertiary/aromatic N) is 9. The zero-order valence-electron chi connectivity index (χ0n) is 31.9. The number of carbonyl (C=O) groups is 4. The van der Waals surface area contributed by atoms with Gasteiger partial charge in [0.1, 0.15) is 17.6 Å². The van der Waals surface area contributed by atoms with E-state index in [1.165, 1.54) is 17.6 Å². The van der Waals surface area contributed by atoms with Crippen molar-refractivity contribution in [3.8, 4) is 11.3 Å². The van der Waals surface area contributed by atoms with Gasteiger partial charge in [0.2, 0.25) is 23.5 Å². The van der Waals surface area contributed by atoms with Crippen LogP contribution in [-0.2, 0) is 33.8 Å². The third-order valence-corrected chi connectivity index (χ3v) is 11.1. The number of likely N-dealkylation sites (N-methyl/N-ethyl adjacent to an activating group) is 1. The Balaban J connectivity index is 1.05. The van der Waals surface area contributed by atoms with Gasteiger partial charge in [0.05, 0.1) is 41.3 Å². The molecule has 1 aliphatic carbocycles. The molecule has 16 nitrogen and oxygen atoms in total. The Bertz CT molecular complexity index is 2210.